The summed E-state index contributed by atoms with van der Waals surface area (Å²) in [5.74, 6) is 0.479. The number of aromatic nitrogens is 2. The number of nitrogens with one attached hydrogen (secondary N) is 1. The largest absolute Gasteiger partial charge is 0.383 e. The molecule has 0 saturated carbocycles. The Morgan fingerprint density at radius 2 is 1.80 bits per heavy atom. The Balaban J connectivity index is 1.80. The quantitative estimate of drug-likeness (QED) is 0.480. The minimum atomic E-state index is -0.347. The van der Waals surface area contributed by atoms with Gasteiger partial charge < -0.3 is 16.8 Å². The van der Waals surface area contributed by atoms with Gasteiger partial charge >= 0.3 is 0 Å². The van der Waals surface area contributed by atoms with Gasteiger partial charge in [0.15, 0.2) is 5.16 Å². The van der Waals surface area contributed by atoms with Crippen LogP contribution in [0.5, 0.6) is 0 Å². The number of benzene rings is 2. The number of nitrogens with two attached hydrogens (primary N) is 2. The predicted molar refractivity (Wildman–Crippen MR) is 103 cm³/mol. The van der Waals surface area contributed by atoms with Crippen molar-refractivity contribution in [1.29, 1.82) is 0 Å². The van der Waals surface area contributed by atoms with Crippen LogP contribution in [0.3, 0.4) is 0 Å². The molecular weight excluding hydrogens is 334 g/mol. The van der Waals surface area contributed by atoms with Crippen molar-refractivity contribution < 1.29 is 4.79 Å². The maximum atomic E-state index is 12.7. The monoisotopic (exact) mass is 353 g/mol. The summed E-state index contributed by atoms with van der Waals surface area (Å²) in [5.41, 5.74) is 12.2. The Labute approximate surface area is 150 Å². The highest BCUT2D eigenvalue weighted by atomic mass is 32.2. The predicted octanol–water partition coefficient (Wildman–Crippen LogP) is 3.30. The van der Waals surface area contributed by atoms with Gasteiger partial charge in [0.1, 0.15) is 11.6 Å². The zero-order chi connectivity index (χ0) is 17.8. The molecule has 2 aromatic carbocycles. The maximum Gasteiger partial charge on any atom is 0.237 e. The van der Waals surface area contributed by atoms with Crippen LogP contribution in [0.15, 0.2) is 53.7 Å². The fraction of sp³-hybridized carbons (Fsp3) is 0.167. The van der Waals surface area contributed by atoms with E-state index in [-0.39, 0.29) is 11.2 Å². The highest BCUT2D eigenvalue weighted by molar-refractivity contribution is 8.00. The van der Waals surface area contributed by atoms with Crippen molar-refractivity contribution in [2.75, 3.05) is 16.8 Å². The minimum Gasteiger partial charge on any atom is -0.383 e. The summed E-state index contributed by atoms with van der Waals surface area (Å²) in [7, 11) is 0. The molecule has 0 aliphatic carbocycles. The number of rotatable bonds is 5. The Hall–Kier alpha value is -2.80. The molecule has 0 fully saturated rings. The molecule has 7 heteroatoms. The minimum absolute atomic E-state index is 0.103. The van der Waals surface area contributed by atoms with E-state index >= 15 is 0 Å². The number of anilines is 3. The van der Waals surface area contributed by atoms with Gasteiger partial charge in [0.2, 0.25) is 5.91 Å². The van der Waals surface area contributed by atoms with Crippen LogP contribution in [-0.4, -0.2) is 21.1 Å². The van der Waals surface area contributed by atoms with Gasteiger partial charge in [0, 0.05) is 17.1 Å². The summed E-state index contributed by atoms with van der Waals surface area (Å²) in [6.07, 6.45) is 0.624. The number of amides is 1. The first-order valence-corrected chi connectivity index (χ1v) is 8.80. The number of nitrogen functional groups attached to an aromatic ring is 2. The molecule has 6 nitrogen and oxygen atoms in total. The van der Waals surface area contributed by atoms with Crippen molar-refractivity contribution >= 4 is 45.8 Å². The van der Waals surface area contributed by atoms with E-state index in [1.807, 2.05) is 49.4 Å². The average molecular weight is 353 g/mol. The Morgan fingerprint density at radius 1 is 1.12 bits per heavy atom. The summed E-state index contributed by atoms with van der Waals surface area (Å²) in [4.78, 5) is 21.0. The second-order valence-electron chi connectivity index (χ2n) is 5.53. The van der Waals surface area contributed by atoms with Crippen LogP contribution < -0.4 is 16.8 Å². The van der Waals surface area contributed by atoms with Gasteiger partial charge in [0.05, 0.1) is 5.25 Å². The Bertz CT molecular complexity index is 889. The number of carbonyl (C=O) groups is 1. The van der Waals surface area contributed by atoms with Crippen LogP contribution in [0.4, 0.5) is 17.3 Å². The Kier molecular flexibility index (Phi) is 5.04. The maximum absolute atomic E-state index is 12.7. The van der Waals surface area contributed by atoms with Gasteiger partial charge in [-0.1, -0.05) is 55.1 Å². The van der Waals surface area contributed by atoms with Gasteiger partial charge in [-0.2, -0.15) is 0 Å². The smallest absolute Gasteiger partial charge is 0.237 e. The second-order valence-corrected chi connectivity index (χ2v) is 6.70. The van der Waals surface area contributed by atoms with E-state index in [1.54, 1.807) is 0 Å². The first-order chi connectivity index (χ1) is 12.1. The van der Waals surface area contributed by atoms with E-state index in [0.29, 0.717) is 23.2 Å². The first-order valence-electron chi connectivity index (χ1n) is 7.92. The molecule has 1 heterocycles. The van der Waals surface area contributed by atoms with Crippen LogP contribution in [0.1, 0.15) is 13.3 Å². The third-order valence-corrected chi connectivity index (χ3v) is 4.93. The third kappa shape index (κ3) is 4.00. The topological polar surface area (TPSA) is 107 Å². The molecule has 0 aliphatic rings. The molecule has 0 aliphatic heterocycles. The standard InChI is InChI=1S/C18H19N5OS/c1-2-14(25-18-22-15(19)10-16(20)23-18)17(24)21-13-9-5-7-11-6-3-4-8-12(11)13/h3-10,14H,2H2,1H3,(H,21,24)(H4,19,20,22,23). The zero-order valence-corrected chi connectivity index (χ0v) is 14.6. The molecule has 3 aromatic rings. The van der Waals surface area contributed by atoms with Crippen LogP contribution in [0.25, 0.3) is 10.8 Å². The number of hydrogen-bond acceptors (Lipinski definition) is 6. The van der Waals surface area contributed by atoms with Crippen LogP contribution >= 0.6 is 11.8 Å². The number of nitrogens with zero attached hydrogens (tertiary/aromatic N) is 2. The van der Waals surface area contributed by atoms with Gasteiger partial charge in [0.25, 0.3) is 0 Å². The molecule has 25 heavy (non-hydrogen) atoms. The molecule has 0 spiro atoms. The first kappa shape index (κ1) is 17.0. The average Bonchev–Trinajstić information content (AvgIpc) is 2.59. The van der Waals surface area contributed by atoms with Crippen LogP contribution in [-0.2, 0) is 4.79 Å². The highest BCUT2D eigenvalue weighted by Gasteiger charge is 2.20. The number of fused-ring (bicyclic) bond motifs is 1. The molecular formula is C18H19N5OS. The van der Waals surface area contributed by atoms with E-state index in [9.17, 15) is 4.79 Å². The zero-order valence-electron chi connectivity index (χ0n) is 13.8. The van der Waals surface area contributed by atoms with Crippen molar-refractivity contribution in [3.8, 4) is 0 Å². The van der Waals surface area contributed by atoms with E-state index in [2.05, 4.69) is 15.3 Å². The molecule has 1 unspecified atom stereocenters. The summed E-state index contributed by atoms with van der Waals surface area (Å²) >= 11 is 1.26. The van der Waals surface area contributed by atoms with Crippen molar-refractivity contribution in [2.45, 2.75) is 23.8 Å². The molecule has 1 atom stereocenters. The molecule has 128 valence electrons. The number of carbonyl (C=O) groups excluding carboxylic acids is 1. The Morgan fingerprint density at radius 3 is 2.52 bits per heavy atom. The van der Waals surface area contributed by atoms with Crippen molar-refractivity contribution in [3.63, 3.8) is 0 Å². The third-order valence-electron chi connectivity index (χ3n) is 3.70. The second kappa shape index (κ2) is 7.40. The molecule has 3 rings (SSSR count). The molecule has 1 amide bonds. The van der Waals surface area contributed by atoms with E-state index in [0.717, 1.165) is 16.5 Å². The van der Waals surface area contributed by atoms with Gasteiger partial charge in [-0.05, 0) is 17.9 Å². The van der Waals surface area contributed by atoms with Crippen LogP contribution in [0.2, 0.25) is 0 Å². The van der Waals surface area contributed by atoms with Crippen molar-refractivity contribution in [1.82, 2.24) is 9.97 Å². The lowest BCUT2D eigenvalue weighted by atomic mass is 10.1. The SMILES string of the molecule is CCC(Sc1nc(N)cc(N)n1)C(=O)Nc1cccc2ccccc12. The van der Waals surface area contributed by atoms with Gasteiger partial charge in [-0.25, -0.2) is 9.97 Å². The lowest BCUT2D eigenvalue weighted by molar-refractivity contribution is -0.115. The highest BCUT2D eigenvalue weighted by Crippen LogP contribution is 2.27. The lowest BCUT2D eigenvalue weighted by Crippen LogP contribution is -2.25. The lowest BCUT2D eigenvalue weighted by Gasteiger charge is -2.15. The fourth-order valence-electron chi connectivity index (χ4n) is 2.51. The summed E-state index contributed by atoms with van der Waals surface area (Å²) in [5, 5.41) is 5.14. The van der Waals surface area contributed by atoms with Gasteiger partial charge in [-0.15, -0.1) is 0 Å². The van der Waals surface area contributed by atoms with E-state index < -0.39 is 0 Å². The molecule has 0 saturated heterocycles. The van der Waals surface area contributed by atoms with E-state index in [4.69, 9.17) is 11.5 Å². The molecule has 1 aromatic heterocycles. The summed E-state index contributed by atoms with van der Waals surface area (Å²) in [6, 6.07) is 15.2. The molecule has 0 radical (unpaired) electrons. The summed E-state index contributed by atoms with van der Waals surface area (Å²) in [6.45, 7) is 1.94. The fourth-order valence-corrected chi connectivity index (χ4v) is 3.42. The molecule has 5 N–H and O–H groups in total. The molecule has 0 bridgehead atoms. The van der Waals surface area contributed by atoms with Gasteiger partial charge in [-0.3, -0.25) is 4.79 Å². The van der Waals surface area contributed by atoms with Crippen LogP contribution in [0, 0.1) is 0 Å². The summed E-state index contributed by atoms with van der Waals surface area (Å²) < 4.78 is 0. The number of hydrogen-bond donors (Lipinski definition) is 3. The normalized spacial score (nSPS) is 12.0. The van der Waals surface area contributed by atoms with Crippen molar-refractivity contribution in [3.05, 3.63) is 48.5 Å². The van der Waals surface area contributed by atoms with E-state index in [1.165, 1.54) is 17.8 Å². The number of thioether (sulfide) groups is 1. The van der Waals surface area contributed by atoms with Crippen molar-refractivity contribution in [2.24, 2.45) is 0 Å².